The van der Waals surface area contributed by atoms with Gasteiger partial charge in [-0.2, -0.15) is 0 Å². The number of halogens is 1. The minimum atomic E-state index is -0.721. The fourth-order valence-electron chi connectivity index (χ4n) is 3.62. The van der Waals surface area contributed by atoms with Gasteiger partial charge in [0.1, 0.15) is 17.5 Å². The Morgan fingerprint density at radius 1 is 0.971 bits per heavy atom. The predicted molar refractivity (Wildman–Crippen MR) is 133 cm³/mol. The average Bonchev–Trinajstić information content (AvgIpc) is 2.86. The van der Waals surface area contributed by atoms with E-state index in [-0.39, 0.29) is 25.0 Å². The lowest BCUT2D eigenvalue weighted by atomic mass is 10.0. The molecule has 0 aliphatic carbocycles. The van der Waals surface area contributed by atoms with Crippen LogP contribution in [-0.4, -0.2) is 43.5 Å². The van der Waals surface area contributed by atoms with Crippen molar-refractivity contribution >= 4 is 23.4 Å². The third-order valence-electron chi connectivity index (χ3n) is 5.50. The number of hydrogen-bond donors (Lipinski definition) is 1. The van der Waals surface area contributed by atoms with Crippen LogP contribution in [0.4, 0.5) is 0 Å². The van der Waals surface area contributed by atoms with Crippen molar-refractivity contribution in [1.29, 1.82) is 0 Å². The molecule has 1 N–H and O–H groups in total. The highest BCUT2D eigenvalue weighted by molar-refractivity contribution is 6.31. The quantitative estimate of drug-likeness (QED) is 0.466. The van der Waals surface area contributed by atoms with Crippen LogP contribution in [0, 0.1) is 6.92 Å². The molecule has 0 saturated heterocycles. The van der Waals surface area contributed by atoms with E-state index in [1.165, 1.54) is 0 Å². The van der Waals surface area contributed by atoms with Crippen LogP contribution in [0.2, 0.25) is 5.02 Å². The van der Waals surface area contributed by atoms with Gasteiger partial charge >= 0.3 is 0 Å². The van der Waals surface area contributed by atoms with E-state index in [1.807, 2.05) is 61.5 Å². The van der Waals surface area contributed by atoms with Gasteiger partial charge in [-0.1, -0.05) is 54.1 Å². The normalized spacial score (nSPS) is 11.4. The first-order valence-corrected chi connectivity index (χ1v) is 11.4. The zero-order chi connectivity index (χ0) is 24.5. The molecule has 0 bridgehead atoms. The molecule has 0 aromatic heterocycles. The molecule has 0 heterocycles. The van der Waals surface area contributed by atoms with Crippen LogP contribution in [0.1, 0.15) is 16.7 Å². The van der Waals surface area contributed by atoms with Crippen LogP contribution in [0.25, 0.3) is 0 Å². The van der Waals surface area contributed by atoms with Gasteiger partial charge in [0.25, 0.3) is 5.91 Å². The van der Waals surface area contributed by atoms with Crippen LogP contribution in [0.5, 0.6) is 11.5 Å². The van der Waals surface area contributed by atoms with Gasteiger partial charge < -0.3 is 19.7 Å². The SMILES string of the molecule is CNC(=O)C(Cc1ccccc1)N(Cc1cccc(OC)c1)C(=O)COc1ccc(Cl)c(C)c1. The van der Waals surface area contributed by atoms with Crippen molar-refractivity contribution in [3.05, 3.63) is 94.5 Å². The lowest BCUT2D eigenvalue weighted by Crippen LogP contribution is -2.51. The molecule has 6 nitrogen and oxygen atoms in total. The number of aryl methyl sites for hydroxylation is 1. The Kier molecular flexibility index (Phi) is 8.93. The summed E-state index contributed by atoms with van der Waals surface area (Å²) in [6, 6.07) is 21.6. The number of benzene rings is 3. The highest BCUT2D eigenvalue weighted by Gasteiger charge is 2.30. The minimum absolute atomic E-state index is 0.215. The second kappa shape index (κ2) is 12.1. The molecule has 0 fully saturated rings. The number of carbonyl (C=O) groups is 2. The molecule has 0 saturated carbocycles. The largest absolute Gasteiger partial charge is 0.497 e. The summed E-state index contributed by atoms with van der Waals surface area (Å²) in [6.07, 6.45) is 0.371. The van der Waals surface area contributed by atoms with Gasteiger partial charge in [-0.3, -0.25) is 9.59 Å². The van der Waals surface area contributed by atoms with E-state index >= 15 is 0 Å². The van der Waals surface area contributed by atoms with Crippen molar-refractivity contribution in [2.24, 2.45) is 0 Å². The highest BCUT2D eigenvalue weighted by Crippen LogP contribution is 2.22. The predicted octanol–water partition coefficient (Wildman–Crippen LogP) is 4.42. The number of rotatable bonds is 10. The van der Waals surface area contributed by atoms with Crippen LogP contribution in [-0.2, 0) is 22.6 Å². The lowest BCUT2D eigenvalue weighted by Gasteiger charge is -2.31. The van der Waals surface area contributed by atoms with E-state index in [2.05, 4.69) is 5.32 Å². The molecule has 7 heteroatoms. The summed E-state index contributed by atoms with van der Waals surface area (Å²) in [5, 5.41) is 3.33. The van der Waals surface area contributed by atoms with E-state index in [4.69, 9.17) is 21.1 Å². The minimum Gasteiger partial charge on any atom is -0.497 e. The summed E-state index contributed by atoms with van der Waals surface area (Å²) in [4.78, 5) is 27.9. The Labute approximate surface area is 205 Å². The van der Waals surface area contributed by atoms with E-state index in [0.717, 1.165) is 16.7 Å². The maximum atomic E-state index is 13.4. The van der Waals surface area contributed by atoms with Crippen molar-refractivity contribution in [2.45, 2.75) is 25.9 Å². The maximum absolute atomic E-state index is 13.4. The van der Waals surface area contributed by atoms with Crippen LogP contribution < -0.4 is 14.8 Å². The third kappa shape index (κ3) is 6.75. The molecule has 1 atom stereocenters. The summed E-state index contributed by atoms with van der Waals surface area (Å²) in [6.45, 7) is 1.88. The Morgan fingerprint density at radius 2 is 1.71 bits per heavy atom. The van der Waals surface area contributed by atoms with Crippen LogP contribution in [0.15, 0.2) is 72.8 Å². The van der Waals surface area contributed by atoms with Crippen molar-refractivity contribution in [3.63, 3.8) is 0 Å². The van der Waals surface area contributed by atoms with Gasteiger partial charge in [-0.15, -0.1) is 0 Å². The van der Waals surface area contributed by atoms with Crippen LogP contribution >= 0.6 is 11.6 Å². The Bertz CT molecular complexity index is 1120. The van der Waals surface area contributed by atoms with Gasteiger partial charge in [0.05, 0.1) is 7.11 Å². The van der Waals surface area contributed by atoms with E-state index in [9.17, 15) is 9.59 Å². The third-order valence-corrected chi connectivity index (χ3v) is 5.92. The van der Waals surface area contributed by atoms with E-state index in [0.29, 0.717) is 22.9 Å². The summed E-state index contributed by atoms with van der Waals surface area (Å²) >= 11 is 6.09. The molecule has 3 aromatic carbocycles. The number of carbonyl (C=O) groups excluding carboxylic acids is 2. The summed E-state index contributed by atoms with van der Waals surface area (Å²) in [5.74, 6) is 0.663. The average molecular weight is 481 g/mol. The zero-order valence-corrected chi connectivity index (χ0v) is 20.3. The van der Waals surface area contributed by atoms with Crippen molar-refractivity contribution in [1.82, 2.24) is 10.2 Å². The molecule has 1 unspecified atom stereocenters. The zero-order valence-electron chi connectivity index (χ0n) is 19.6. The number of amides is 2. The van der Waals surface area contributed by atoms with Gasteiger partial charge in [-0.05, 0) is 53.9 Å². The van der Waals surface area contributed by atoms with Gasteiger partial charge in [0.15, 0.2) is 6.61 Å². The molecule has 2 amide bonds. The molecule has 0 aliphatic rings. The second-order valence-corrected chi connectivity index (χ2v) is 8.30. The number of nitrogens with one attached hydrogen (secondary N) is 1. The fraction of sp³-hybridized carbons (Fsp3) is 0.259. The number of methoxy groups -OCH3 is 1. The fourth-order valence-corrected chi connectivity index (χ4v) is 3.74. The van der Waals surface area contributed by atoms with Gasteiger partial charge in [-0.25, -0.2) is 0 Å². The molecule has 178 valence electrons. The summed E-state index contributed by atoms with van der Waals surface area (Å²) < 4.78 is 11.1. The second-order valence-electron chi connectivity index (χ2n) is 7.89. The Balaban J connectivity index is 1.88. The highest BCUT2D eigenvalue weighted by atomic mass is 35.5. The molecule has 34 heavy (non-hydrogen) atoms. The van der Waals surface area contributed by atoms with Crippen molar-refractivity contribution in [3.8, 4) is 11.5 Å². The topological polar surface area (TPSA) is 67.9 Å². The number of nitrogens with zero attached hydrogens (tertiary/aromatic N) is 1. The van der Waals surface area contributed by atoms with Crippen molar-refractivity contribution < 1.29 is 19.1 Å². The number of ether oxygens (including phenoxy) is 2. The monoisotopic (exact) mass is 480 g/mol. The molecular weight excluding hydrogens is 452 g/mol. The lowest BCUT2D eigenvalue weighted by molar-refractivity contribution is -0.142. The first-order chi connectivity index (χ1) is 16.4. The smallest absolute Gasteiger partial charge is 0.261 e. The van der Waals surface area contributed by atoms with Gasteiger partial charge in [0, 0.05) is 25.0 Å². The first-order valence-electron chi connectivity index (χ1n) is 11.0. The molecule has 3 aromatic rings. The molecule has 0 aliphatic heterocycles. The van der Waals surface area contributed by atoms with E-state index in [1.54, 1.807) is 37.3 Å². The summed E-state index contributed by atoms with van der Waals surface area (Å²) in [7, 11) is 3.16. The van der Waals surface area contributed by atoms with Crippen molar-refractivity contribution in [2.75, 3.05) is 20.8 Å². The Morgan fingerprint density at radius 3 is 2.38 bits per heavy atom. The van der Waals surface area contributed by atoms with Crippen LogP contribution in [0.3, 0.4) is 0 Å². The summed E-state index contributed by atoms with van der Waals surface area (Å²) in [5.41, 5.74) is 2.65. The first kappa shape index (κ1) is 25.1. The standard InChI is InChI=1S/C27H29ClN2O4/c1-19-14-23(12-13-24(19)28)34-18-26(31)30(17-21-10-7-11-22(15-21)33-3)25(27(32)29-2)16-20-8-5-4-6-9-20/h4-15,25H,16-18H2,1-3H3,(H,29,32). The number of hydrogen-bond acceptors (Lipinski definition) is 4. The molecule has 0 radical (unpaired) electrons. The molecular formula is C27H29ClN2O4. The number of likely N-dealkylation sites (N-methyl/N-ethyl adjacent to an activating group) is 1. The molecule has 0 spiro atoms. The Hall–Kier alpha value is -3.51. The molecule has 3 rings (SSSR count). The van der Waals surface area contributed by atoms with E-state index < -0.39 is 6.04 Å². The van der Waals surface area contributed by atoms with Gasteiger partial charge in [0.2, 0.25) is 5.91 Å². The maximum Gasteiger partial charge on any atom is 0.261 e.